The van der Waals surface area contributed by atoms with Gasteiger partial charge in [-0.2, -0.15) is 15.6 Å². The highest BCUT2D eigenvalue weighted by Gasteiger charge is 2.37. The van der Waals surface area contributed by atoms with E-state index in [2.05, 4.69) is 51.0 Å². The summed E-state index contributed by atoms with van der Waals surface area (Å²) < 4.78 is 7.64. The normalized spacial score (nSPS) is 19.9. The van der Waals surface area contributed by atoms with Gasteiger partial charge in [-0.3, -0.25) is 0 Å². The number of nitrogens with zero attached hydrogens (tertiary/aromatic N) is 6. The van der Waals surface area contributed by atoms with Crippen LogP contribution in [0, 0.1) is 42.4 Å². The Morgan fingerprint density at radius 1 is 1.00 bits per heavy atom. The molecule has 0 amide bonds. The molecule has 3 heterocycles. The summed E-state index contributed by atoms with van der Waals surface area (Å²) in [5.41, 5.74) is 13.1. The average Bonchev–Trinajstić information content (AvgIpc) is 3.42. The Hall–Kier alpha value is -4.37. The fraction of sp³-hybridized carbons (Fsp3) is 0.276. The van der Waals surface area contributed by atoms with Gasteiger partial charge >= 0.3 is 0 Å². The molecule has 2 aliphatic heterocycles. The van der Waals surface area contributed by atoms with E-state index in [9.17, 15) is 10.5 Å². The van der Waals surface area contributed by atoms with E-state index >= 15 is 0 Å². The van der Waals surface area contributed by atoms with Crippen molar-refractivity contribution in [1.82, 2.24) is 4.57 Å². The second kappa shape index (κ2) is 10.3. The molecule has 0 spiro atoms. The number of para-hydroxylation sites is 1. The number of ether oxygens (including phenoxy) is 1. The minimum absolute atomic E-state index is 0.336. The number of nitriles is 2. The molecule has 3 aromatic rings. The van der Waals surface area contributed by atoms with Crippen molar-refractivity contribution in [3.05, 3.63) is 83.2 Å². The van der Waals surface area contributed by atoms with E-state index in [0.29, 0.717) is 11.3 Å². The summed E-state index contributed by atoms with van der Waals surface area (Å²) in [6.45, 7) is 7.37. The van der Waals surface area contributed by atoms with Crippen molar-refractivity contribution in [2.24, 2.45) is 16.8 Å². The fourth-order valence-electron chi connectivity index (χ4n) is 5.00. The van der Waals surface area contributed by atoms with Crippen LogP contribution in [-0.4, -0.2) is 42.7 Å². The van der Waals surface area contributed by atoms with Crippen LogP contribution >= 0.6 is 0 Å². The summed E-state index contributed by atoms with van der Waals surface area (Å²) in [6, 6.07) is 24.5. The SMILES string of the molecule is Cc1cc(/C=C(/C#N)C2=NN(c3ccccc3)[C@@H](N)[C@H]2C#N)c(C)n1-c1ccc(N2CCOCC2)cc1. The smallest absolute Gasteiger partial charge is 0.127 e. The van der Waals surface area contributed by atoms with Gasteiger partial charge in [0.05, 0.1) is 36.3 Å². The molecule has 0 bridgehead atoms. The second-order valence-corrected chi connectivity index (χ2v) is 9.21. The van der Waals surface area contributed by atoms with Crippen LogP contribution in [0.4, 0.5) is 11.4 Å². The largest absolute Gasteiger partial charge is 0.378 e. The fourth-order valence-corrected chi connectivity index (χ4v) is 5.00. The van der Waals surface area contributed by atoms with Gasteiger partial charge < -0.3 is 19.9 Å². The highest BCUT2D eigenvalue weighted by Crippen LogP contribution is 2.30. The molecule has 0 radical (unpaired) electrons. The number of benzene rings is 2. The highest BCUT2D eigenvalue weighted by atomic mass is 16.5. The molecule has 2 atom stereocenters. The molecular weight excluding hydrogens is 462 g/mol. The van der Waals surface area contributed by atoms with Crippen LogP contribution in [0.1, 0.15) is 17.0 Å². The molecule has 0 aliphatic carbocycles. The molecule has 1 saturated heterocycles. The van der Waals surface area contributed by atoms with Gasteiger partial charge in [0.1, 0.15) is 18.2 Å². The monoisotopic (exact) mass is 491 g/mol. The van der Waals surface area contributed by atoms with Gasteiger partial charge in [-0.15, -0.1) is 0 Å². The van der Waals surface area contributed by atoms with Crippen LogP contribution in [0.5, 0.6) is 0 Å². The summed E-state index contributed by atoms with van der Waals surface area (Å²) in [5.74, 6) is -0.720. The maximum atomic E-state index is 10.1. The average molecular weight is 492 g/mol. The molecule has 1 aromatic heterocycles. The first kappa shape index (κ1) is 24.3. The quantitative estimate of drug-likeness (QED) is 0.538. The Bertz CT molecular complexity index is 1420. The van der Waals surface area contributed by atoms with Crippen molar-refractivity contribution in [1.29, 1.82) is 10.5 Å². The van der Waals surface area contributed by atoms with E-state index in [1.165, 1.54) is 5.69 Å². The van der Waals surface area contributed by atoms with Gasteiger partial charge in [0.15, 0.2) is 0 Å². The van der Waals surface area contributed by atoms with Crippen LogP contribution in [-0.2, 0) is 4.74 Å². The number of allylic oxidation sites excluding steroid dienone is 1. The third-order valence-corrected chi connectivity index (χ3v) is 6.94. The third kappa shape index (κ3) is 4.61. The first-order valence-electron chi connectivity index (χ1n) is 12.3. The number of anilines is 2. The summed E-state index contributed by atoms with van der Waals surface area (Å²) in [4.78, 5) is 2.33. The molecule has 0 saturated carbocycles. The van der Waals surface area contributed by atoms with Crippen molar-refractivity contribution in [3.8, 4) is 17.8 Å². The lowest BCUT2D eigenvalue weighted by Gasteiger charge is -2.29. The topological polar surface area (TPSA) is 107 Å². The zero-order chi connectivity index (χ0) is 25.9. The Labute approximate surface area is 217 Å². The van der Waals surface area contributed by atoms with Crippen LogP contribution in [0.25, 0.3) is 11.8 Å². The van der Waals surface area contributed by atoms with Gasteiger partial charge in [0, 0.05) is 35.9 Å². The maximum Gasteiger partial charge on any atom is 0.127 e. The number of hydrazone groups is 1. The number of hydrogen-bond acceptors (Lipinski definition) is 7. The Morgan fingerprint density at radius 3 is 2.32 bits per heavy atom. The van der Waals surface area contributed by atoms with E-state index in [-0.39, 0.29) is 0 Å². The number of aryl methyl sites for hydroxylation is 1. The van der Waals surface area contributed by atoms with E-state index in [1.807, 2.05) is 56.3 Å². The standard InChI is InChI=1S/C29H29N7O/c1-20-16-22(21(2)35(20)25-10-8-24(9-11-25)34-12-14-37-15-13-34)17-23(18-30)28-27(19-31)29(32)36(33-28)26-6-4-3-5-7-26/h3-11,16-17,27,29H,12-15,32H2,1-2H3/b23-17-/t27-,29+/m0/s1. The lowest BCUT2D eigenvalue weighted by Crippen LogP contribution is -2.40. The van der Waals surface area contributed by atoms with Crippen LogP contribution < -0.4 is 15.6 Å². The van der Waals surface area contributed by atoms with E-state index in [1.54, 1.807) is 5.01 Å². The van der Waals surface area contributed by atoms with Gasteiger partial charge in [-0.05, 0) is 68.0 Å². The predicted octanol–water partition coefficient (Wildman–Crippen LogP) is 4.14. The van der Waals surface area contributed by atoms with Crippen LogP contribution in [0.15, 0.2) is 71.3 Å². The molecule has 1 fully saturated rings. The van der Waals surface area contributed by atoms with Crippen LogP contribution in [0.2, 0.25) is 0 Å². The summed E-state index contributed by atoms with van der Waals surface area (Å²) in [7, 11) is 0. The van der Waals surface area contributed by atoms with E-state index < -0.39 is 12.1 Å². The minimum Gasteiger partial charge on any atom is -0.378 e. The Kier molecular flexibility index (Phi) is 6.78. The number of rotatable bonds is 5. The first-order valence-corrected chi connectivity index (χ1v) is 12.3. The lowest BCUT2D eigenvalue weighted by molar-refractivity contribution is 0.122. The molecular formula is C29H29N7O. The van der Waals surface area contributed by atoms with Crippen molar-refractivity contribution < 1.29 is 4.74 Å². The maximum absolute atomic E-state index is 10.1. The Balaban J connectivity index is 1.47. The van der Waals surface area contributed by atoms with Crippen molar-refractivity contribution >= 4 is 23.2 Å². The Morgan fingerprint density at radius 2 is 1.68 bits per heavy atom. The van der Waals surface area contributed by atoms with Gasteiger partial charge in [0.25, 0.3) is 0 Å². The highest BCUT2D eigenvalue weighted by molar-refractivity contribution is 6.11. The zero-order valence-electron chi connectivity index (χ0n) is 21.0. The number of nitrogens with two attached hydrogens (primary N) is 1. The van der Waals surface area contributed by atoms with Gasteiger partial charge in [0.2, 0.25) is 0 Å². The van der Waals surface area contributed by atoms with Gasteiger partial charge in [-0.25, -0.2) is 5.01 Å². The van der Waals surface area contributed by atoms with Gasteiger partial charge in [-0.1, -0.05) is 18.2 Å². The molecule has 2 aromatic carbocycles. The second-order valence-electron chi connectivity index (χ2n) is 9.21. The summed E-state index contributed by atoms with van der Waals surface area (Å²) >= 11 is 0. The summed E-state index contributed by atoms with van der Waals surface area (Å²) in [5, 5.41) is 26.2. The number of hydrogen-bond donors (Lipinski definition) is 1. The molecule has 8 nitrogen and oxygen atoms in total. The minimum atomic E-state index is -0.720. The molecule has 8 heteroatoms. The lowest BCUT2D eigenvalue weighted by atomic mass is 9.95. The molecule has 2 aliphatic rings. The van der Waals surface area contributed by atoms with Crippen LogP contribution in [0.3, 0.4) is 0 Å². The molecule has 0 unspecified atom stereocenters. The number of aromatic nitrogens is 1. The molecule has 2 N–H and O–H groups in total. The van der Waals surface area contributed by atoms with Crippen molar-refractivity contribution in [2.75, 3.05) is 36.2 Å². The predicted molar refractivity (Wildman–Crippen MR) is 145 cm³/mol. The number of morpholine rings is 1. The van der Waals surface area contributed by atoms with Crippen molar-refractivity contribution in [2.45, 2.75) is 20.0 Å². The molecule has 5 rings (SSSR count). The van der Waals surface area contributed by atoms with E-state index in [4.69, 9.17) is 10.5 Å². The molecule has 37 heavy (non-hydrogen) atoms. The van der Waals surface area contributed by atoms with E-state index in [0.717, 1.165) is 54.6 Å². The summed E-state index contributed by atoms with van der Waals surface area (Å²) in [6.07, 6.45) is 1.14. The zero-order valence-corrected chi connectivity index (χ0v) is 21.0. The molecule has 186 valence electrons. The third-order valence-electron chi connectivity index (χ3n) is 6.94. The first-order chi connectivity index (χ1) is 18.0. The van der Waals surface area contributed by atoms with Crippen molar-refractivity contribution in [3.63, 3.8) is 0 Å².